The van der Waals surface area contributed by atoms with Crippen molar-refractivity contribution in [2.45, 2.75) is 18.9 Å². The highest BCUT2D eigenvalue weighted by molar-refractivity contribution is 5.93. The molecule has 0 aliphatic carbocycles. The van der Waals surface area contributed by atoms with Crippen LogP contribution in [0.3, 0.4) is 0 Å². The van der Waals surface area contributed by atoms with E-state index in [2.05, 4.69) is 20.5 Å². The predicted molar refractivity (Wildman–Crippen MR) is 94.6 cm³/mol. The van der Waals surface area contributed by atoms with Gasteiger partial charge in [0.2, 0.25) is 0 Å². The molecule has 1 aliphatic heterocycles. The van der Waals surface area contributed by atoms with Crippen LogP contribution >= 0.6 is 0 Å². The molecule has 1 fully saturated rings. The number of amides is 1. The maximum Gasteiger partial charge on any atom is 0.303 e. The number of hydrogen-bond donors (Lipinski definition) is 2. The standard InChI is InChI=1S/C18H23N5O3/c1-19-18(26)13-5-3-12(4-6-13)8-23-9-14(7-17(24)25)15(10-23)16-11-22(2)21-20-16/h3-6,11,14-15H,7-10H2,1-2H3,(H,19,26)(H,24,25)/t14-,15+/m0/s1. The summed E-state index contributed by atoms with van der Waals surface area (Å²) >= 11 is 0. The largest absolute Gasteiger partial charge is 0.481 e. The Morgan fingerprint density at radius 1 is 1.27 bits per heavy atom. The minimum absolute atomic E-state index is 0.00865. The molecule has 3 rings (SSSR count). The van der Waals surface area contributed by atoms with Crippen molar-refractivity contribution < 1.29 is 14.7 Å². The molecule has 0 unspecified atom stereocenters. The van der Waals surface area contributed by atoms with Crippen molar-refractivity contribution in [3.05, 3.63) is 47.3 Å². The van der Waals surface area contributed by atoms with Crippen molar-refractivity contribution in [1.82, 2.24) is 25.2 Å². The molecule has 1 aliphatic rings. The Bertz CT molecular complexity index is 786. The molecule has 2 N–H and O–H groups in total. The zero-order valence-corrected chi connectivity index (χ0v) is 14.9. The summed E-state index contributed by atoms with van der Waals surface area (Å²) in [6, 6.07) is 7.48. The molecule has 2 heterocycles. The van der Waals surface area contributed by atoms with Gasteiger partial charge in [0.15, 0.2) is 0 Å². The number of aromatic nitrogens is 3. The van der Waals surface area contributed by atoms with Gasteiger partial charge in [0.05, 0.1) is 12.1 Å². The zero-order chi connectivity index (χ0) is 18.7. The molecule has 2 aromatic rings. The van der Waals surface area contributed by atoms with E-state index in [-0.39, 0.29) is 24.2 Å². The number of nitrogens with one attached hydrogen (secondary N) is 1. The first-order valence-electron chi connectivity index (χ1n) is 8.57. The molecule has 0 bridgehead atoms. The molecule has 0 saturated carbocycles. The number of nitrogens with zero attached hydrogens (tertiary/aromatic N) is 4. The van der Waals surface area contributed by atoms with Gasteiger partial charge in [-0.15, -0.1) is 5.10 Å². The summed E-state index contributed by atoms with van der Waals surface area (Å²) in [5.74, 6) is -0.832. The van der Waals surface area contributed by atoms with Crippen LogP contribution in [0.2, 0.25) is 0 Å². The third-order valence-corrected chi connectivity index (χ3v) is 4.80. The Hall–Kier alpha value is -2.74. The van der Waals surface area contributed by atoms with Gasteiger partial charge in [-0.2, -0.15) is 0 Å². The van der Waals surface area contributed by atoms with E-state index in [1.165, 1.54) is 0 Å². The number of benzene rings is 1. The van der Waals surface area contributed by atoms with Gasteiger partial charge in [-0.05, 0) is 23.6 Å². The Morgan fingerprint density at radius 3 is 2.58 bits per heavy atom. The summed E-state index contributed by atoms with van der Waals surface area (Å²) in [5, 5.41) is 20.0. The van der Waals surface area contributed by atoms with Crippen LogP contribution in [0.4, 0.5) is 0 Å². The molecule has 0 radical (unpaired) electrons. The average molecular weight is 357 g/mol. The summed E-state index contributed by atoms with van der Waals surface area (Å²) in [5.41, 5.74) is 2.56. The molecule has 26 heavy (non-hydrogen) atoms. The molecule has 2 atom stereocenters. The van der Waals surface area contributed by atoms with Crippen LogP contribution in [0.15, 0.2) is 30.5 Å². The SMILES string of the molecule is CNC(=O)c1ccc(CN2C[C@H](CC(=O)O)[C@H](c3cn(C)nn3)C2)cc1. The second-order valence-electron chi connectivity index (χ2n) is 6.75. The van der Waals surface area contributed by atoms with Crippen LogP contribution in [-0.4, -0.2) is 57.0 Å². The number of hydrogen-bond acceptors (Lipinski definition) is 5. The third-order valence-electron chi connectivity index (χ3n) is 4.80. The molecule has 0 spiro atoms. The number of carboxylic acids is 1. The van der Waals surface area contributed by atoms with Gasteiger partial charge in [0.25, 0.3) is 5.91 Å². The number of carboxylic acid groups (broad SMARTS) is 1. The van der Waals surface area contributed by atoms with Gasteiger partial charge in [-0.3, -0.25) is 19.2 Å². The highest BCUT2D eigenvalue weighted by Crippen LogP contribution is 2.34. The van der Waals surface area contributed by atoms with Gasteiger partial charge in [-0.25, -0.2) is 0 Å². The Morgan fingerprint density at radius 2 is 2.00 bits per heavy atom. The van der Waals surface area contributed by atoms with Crippen molar-refractivity contribution >= 4 is 11.9 Å². The van der Waals surface area contributed by atoms with Gasteiger partial charge in [-0.1, -0.05) is 17.3 Å². The number of likely N-dealkylation sites (tertiary alicyclic amines) is 1. The van der Waals surface area contributed by atoms with E-state index in [1.807, 2.05) is 25.4 Å². The van der Waals surface area contributed by atoms with Crippen LogP contribution in [0.25, 0.3) is 0 Å². The van der Waals surface area contributed by atoms with Gasteiger partial charge in [0, 0.05) is 51.4 Å². The average Bonchev–Trinajstić information content (AvgIpc) is 3.20. The number of rotatable bonds is 6. The fourth-order valence-corrected chi connectivity index (χ4v) is 3.56. The molecule has 1 amide bonds. The first kappa shape index (κ1) is 18.1. The van der Waals surface area contributed by atoms with Crippen LogP contribution in [0, 0.1) is 5.92 Å². The summed E-state index contributed by atoms with van der Waals surface area (Å²) in [7, 11) is 3.42. The van der Waals surface area contributed by atoms with Gasteiger partial charge < -0.3 is 10.4 Å². The normalized spacial score (nSPS) is 20.2. The Balaban J connectivity index is 1.70. The van der Waals surface area contributed by atoms with Crippen LogP contribution in [0.1, 0.15) is 34.0 Å². The van der Waals surface area contributed by atoms with Crippen LogP contribution in [0.5, 0.6) is 0 Å². The summed E-state index contributed by atoms with van der Waals surface area (Å²) < 4.78 is 1.65. The second-order valence-corrected chi connectivity index (χ2v) is 6.75. The fourth-order valence-electron chi connectivity index (χ4n) is 3.56. The molecular formula is C18H23N5O3. The minimum Gasteiger partial charge on any atom is -0.481 e. The number of aryl methyl sites for hydroxylation is 1. The van der Waals surface area contributed by atoms with Crippen molar-refractivity contribution in [3.63, 3.8) is 0 Å². The lowest BCUT2D eigenvalue weighted by Gasteiger charge is -2.15. The fraction of sp³-hybridized carbons (Fsp3) is 0.444. The second kappa shape index (κ2) is 7.65. The smallest absolute Gasteiger partial charge is 0.303 e. The molecule has 1 saturated heterocycles. The minimum atomic E-state index is -0.791. The molecular weight excluding hydrogens is 334 g/mol. The first-order chi connectivity index (χ1) is 12.5. The Kier molecular flexibility index (Phi) is 5.32. The monoisotopic (exact) mass is 357 g/mol. The summed E-state index contributed by atoms with van der Waals surface area (Å²) in [4.78, 5) is 25.1. The van der Waals surface area contributed by atoms with Crippen molar-refractivity contribution in [2.75, 3.05) is 20.1 Å². The van der Waals surface area contributed by atoms with Crippen molar-refractivity contribution in [1.29, 1.82) is 0 Å². The molecule has 8 nitrogen and oxygen atoms in total. The highest BCUT2D eigenvalue weighted by atomic mass is 16.4. The van der Waals surface area contributed by atoms with E-state index in [0.717, 1.165) is 17.8 Å². The number of carbonyl (C=O) groups is 2. The van der Waals surface area contributed by atoms with Crippen LogP contribution in [-0.2, 0) is 18.4 Å². The molecule has 8 heteroatoms. The number of carbonyl (C=O) groups excluding carboxylic acids is 1. The van der Waals surface area contributed by atoms with Crippen molar-refractivity contribution in [2.24, 2.45) is 13.0 Å². The first-order valence-corrected chi connectivity index (χ1v) is 8.57. The van der Waals surface area contributed by atoms with E-state index in [1.54, 1.807) is 23.9 Å². The molecule has 1 aromatic carbocycles. The highest BCUT2D eigenvalue weighted by Gasteiger charge is 2.36. The topological polar surface area (TPSA) is 100 Å². The maximum atomic E-state index is 11.6. The maximum absolute atomic E-state index is 11.6. The van der Waals surface area contributed by atoms with E-state index >= 15 is 0 Å². The third kappa shape index (κ3) is 4.08. The Labute approximate surface area is 151 Å². The van der Waals surface area contributed by atoms with E-state index in [0.29, 0.717) is 18.7 Å². The molecule has 138 valence electrons. The summed E-state index contributed by atoms with van der Waals surface area (Å²) in [6.45, 7) is 2.15. The predicted octanol–water partition coefficient (Wildman–Crippen LogP) is 0.865. The lowest BCUT2D eigenvalue weighted by atomic mass is 9.91. The lowest BCUT2D eigenvalue weighted by molar-refractivity contribution is -0.138. The van der Waals surface area contributed by atoms with E-state index in [4.69, 9.17) is 0 Å². The van der Waals surface area contributed by atoms with Crippen LogP contribution < -0.4 is 5.32 Å². The number of aliphatic carboxylic acids is 1. The van der Waals surface area contributed by atoms with Gasteiger partial charge in [0.1, 0.15) is 0 Å². The lowest BCUT2D eigenvalue weighted by Crippen LogP contribution is -2.21. The summed E-state index contributed by atoms with van der Waals surface area (Å²) in [6.07, 6.45) is 1.98. The quantitative estimate of drug-likeness (QED) is 0.795. The van der Waals surface area contributed by atoms with Crippen molar-refractivity contribution in [3.8, 4) is 0 Å². The van der Waals surface area contributed by atoms with E-state index in [9.17, 15) is 14.7 Å². The van der Waals surface area contributed by atoms with E-state index < -0.39 is 5.97 Å². The van der Waals surface area contributed by atoms with Gasteiger partial charge >= 0.3 is 5.97 Å². The zero-order valence-electron chi connectivity index (χ0n) is 14.9. The molecule has 1 aromatic heterocycles.